The van der Waals surface area contributed by atoms with Crippen molar-refractivity contribution in [1.82, 2.24) is 9.88 Å². The van der Waals surface area contributed by atoms with E-state index in [1.165, 1.54) is 11.8 Å². The Hall–Kier alpha value is -2.05. The van der Waals surface area contributed by atoms with Gasteiger partial charge in [-0.3, -0.25) is 9.59 Å². The number of carbonyl (C=O) groups excluding carboxylic acids is 2. The molecule has 1 aliphatic heterocycles. The van der Waals surface area contributed by atoms with Gasteiger partial charge in [0.2, 0.25) is 11.8 Å². The Morgan fingerprint density at radius 1 is 1.19 bits per heavy atom. The summed E-state index contributed by atoms with van der Waals surface area (Å²) in [5.74, 6) is 0.524. The van der Waals surface area contributed by atoms with Gasteiger partial charge in [0.25, 0.3) is 0 Å². The fraction of sp³-hybridized carbons (Fsp3) is 0.350. The van der Waals surface area contributed by atoms with Crippen LogP contribution in [0.15, 0.2) is 53.6 Å². The molecule has 2 amide bonds. The number of carbonyl (C=O) groups is 2. The van der Waals surface area contributed by atoms with Crippen LogP contribution in [0.1, 0.15) is 19.8 Å². The largest absolute Gasteiger partial charge is 0.342 e. The summed E-state index contributed by atoms with van der Waals surface area (Å²) < 4.78 is 0. The smallest absolute Gasteiger partial charge is 0.235 e. The number of benzene rings is 1. The van der Waals surface area contributed by atoms with Gasteiger partial charge in [0.1, 0.15) is 5.82 Å². The lowest BCUT2D eigenvalue weighted by atomic mass is 9.95. The van der Waals surface area contributed by atoms with Gasteiger partial charge in [0.05, 0.1) is 10.3 Å². The zero-order valence-electron chi connectivity index (χ0n) is 15.1. The van der Waals surface area contributed by atoms with Crippen LogP contribution < -0.4 is 5.32 Å². The summed E-state index contributed by atoms with van der Waals surface area (Å²) in [6.07, 6.45) is 2.97. The van der Waals surface area contributed by atoms with E-state index in [1.54, 1.807) is 12.3 Å². The molecular formula is C20H22ClN3O2S. The summed E-state index contributed by atoms with van der Waals surface area (Å²) in [4.78, 5) is 32.0. The lowest BCUT2D eigenvalue weighted by molar-refractivity contribution is -0.133. The zero-order chi connectivity index (χ0) is 19.2. The molecule has 2 aromatic rings. The number of hydrogen-bond acceptors (Lipinski definition) is 4. The molecule has 1 N–H and O–H groups in total. The highest BCUT2D eigenvalue weighted by Gasteiger charge is 2.30. The number of aromatic nitrogens is 1. The highest BCUT2D eigenvalue weighted by molar-refractivity contribution is 8.00. The molecule has 1 aliphatic rings. The Bertz CT molecular complexity index is 795. The van der Waals surface area contributed by atoms with Gasteiger partial charge in [-0.15, -0.1) is 11.8 Å². The molecule has 1 aromatic carbocycles. The van der Waals surface area contributed by atoms with Crippen molar-refractivity contribution < 1.29 is 9.59 Å². The van der Waals surface area contributed by atoms with Crippen LogP contribution in [-0.4, -0.2) is 40.0 Å². The molecule has 0 aliphatic carbocycles. The standard InChI is InChI=1S/C20H22ClN3O2S/c1-14(27-17-7-3-2-6-16(17)21)20(26)24-12-9-15(10-13-24)19(25)23-18-8-4-5-11-22-18/h2-8,11,14-15H,9-10,12-13H2,1H3,(H,22,23,25). The number of nitrogens with zero attached hydrogens (tertiary/aromatic N) is 2. The third kappa shape index (κ3) is 5.23. The first-order chi connectivity index (χ1) is 13.0. The first-order valence-corrected chi connectivity index (χ1v) is 10.2. The number of halogens is 1. The van der Waals surface area contributed by atoms with Crippen LogP contribution in [0.3, 0.4) is 0 Å². The minimum Gasteiger partial charge on any atom is -0.342 e. The van der Waals surface area contributed by atoms with Crippen molar-refractivity contribution in [3.63, 3.8) is 0 Å². The molecule has 1 saturated heterocycles. The Balaban J connectivity index is 1.50. The van der Waals surface area contributed by atoms with Gasteiger partial charge in [-0.25, -0.2) is 4.98 Å². The maximum atomic E-state index is 12.7. The maximum absolute atomic E-state index is 12.7. The predicted molar refractivity (Wildman–Crippen MR) is 109 cm³/mol. The molecule has 0 spiro atoms. The Kier molecular flexibility index (Phi) is 6.74. The lowest BCUT2D eigenvalue weighted by Crippen LogP contribution is -2.44. The van der Waals surface area contributed by atoms with E-state index in [9.17, 15) is 9.59 Å². The van der Waals surface area contributed by atoms with Crippen LogP contribution in [0, 0.1) is 5.92 Å². The summed E-state index contributed by atoms with van der Waals surface area (Å²) in [5.41, 5.74) is 0. The molecule has 2 heterocycles. The molecule has 0 bridgehead atoms. The predicted octanol–water partition coefficient (Wildman–Crippen LogP) is 4.09. The van der Waals surface area contributed by atoms with Crippen molar-refractivity contribution in [2.45, 2.75) is 29.9 Å². The monoisotopic (exact) mass is 403 g/mol. The second kappa shape index (κ2) is 9.24. The number of piperidine rings is 1. The topological polar surface area (TPSA) is 62.3 Å². The van der Waals surface area contributed by atoms with Crippen LogP contribution in [0.4, 0.5) is 5.82 Å². The molecule has 142 valence electrons. The minimum absolute atomic E-state index is 0.0284. The fourth-order valence-electron chi connectivity index (χ4n) is 3.07. The quantitative estimate of drug-likeness (QED) is 0.763. The molecule has 0 saturated carbocycles. The van der Waals surface area contributed by atoms with Crippen molar-refractivity contribution in [3.8, 4) is 0 Å². The average Bonchev–Trinajstić information content (AvgIpc) is 2.70. The van der Waals surface area contributed by atoms with E-state index in [1.807, 2.05) is 48.2 Å². The van der Waals surface area contributed by atoms with Crippen LogP contribution in [0.25, 0.3) is 0 Å². The molecular weight excluding hydrogens is 382 g/mol. The number of amides is 2. The van der Waals surface area contributed by atoms with Gasteiger partial charge in [-0.05, 0) is 44.0 Å². The molecule has 1 atom stereocenters. The summed E-state index contributed by atoms with van der Waals surface area (Å²) >= 11 is 7.65. The van der Waals surface area contributed by atoms with E-state index >= 15 is 0 Å². The van der Waals surface area contributed by atoms with Crippen molar-refractivity contribution >= 4 is 41.0 Å². The van der Waals surface area contributed by atoms with E-state index in [-0.39, 0.29) is 23.0 Å². The van der Waals surface area contributed by atoms with Crippen LogP contribution >= 0.6 is 23.4 Å². The molecule has 3 rings (SSSR count). The van der Waals surface area contributed by atoms with E-state index in [0.717, 1.165) is 4.90 Å². The second-order valence-corrected chi connectivity index (χ2v) is 8.28. The average molecular weight is 404 g/mol. The van der Waals surface area contributed by atoms with Crippen LogP contribution in [-0.2, 0) is 9.59 Å². The molecule has 0 radical (unpaired) electrons. The van der Waals surface area contributed by atoms with Gasteiger partial charge in [-0.1, -0.05) is 29.8 Å². The number of rotatable bonds is 5. The minimum atomic E-state index is -0.219. The van der Waals surface area contributed by atoms with E-state index in [0.29, 0.717) is 36.8 Å². The highest BCUT2D eigenvalue weighted by Crippen LogP contribution is 2.31. The van der Waals surface area contributed by atoms with Gasteiger partial charge in [0.15, 0.2) is 0 Å². The molecule has 1 aromatic heterocycles. The molecule has 5 nitrogen and oxygen atoms in total. The third-order valence-electron chi connectivity index (χ3n) is 4.58. The highest BCUT2D eigenvalue weighted by atomic mass is 35.5. The number of anilines is 1. The van der Waals surface area contributed by atoms with Crippen LogP contribution in [0.5, 0.6) is 0 Å². The third-order valence-corrected chi connectivity index (χ3v) is 6.19. The normalized spacial score (nSPS) is 16.0. The number of thioether (sulfide) groups is 1. The number of likely N-dealkylation sites (tertiary alicyclic amines) is 1. The van der Waals surface area contributed by atoms with Crippen molar-refractivity contribution in [2.75, 3.05) is 18.4 Å². The van der Waals surface area contributed by atoms with Gasteiger partial charge < -0.3 is 10.2 Å². The molecule has 1 fully saturated rings. The SMILES string of the molecule is CC(Sc1ccccc1Cl)C(=O)N1CCC(C(=O)Nc2ccccn2)CC1. The van der Waals surface area contributed by atoms with Gasteiger partial charge in [-0.2, -0.15) is 0 Å². The molecule has 7 heteroatoms. The van der Waals surface area contributed by atoms with Crippen molar-refractivity contribution in [1.29, 1.82) is 0 Å². The number of nitrogens with one attached hydrogen (secondary N) is 1. The first kappa shape index (κ1) is 19.7. The zero-order valence-corrected chi connectivity index (χ0v) is 16.7. The fourth-order valence-corrected chi connectivity index (χ4v) is 4.30. The molecule has 27 heavy (non-hydrogen) atoms. The second-order valence-electron chi connectivity index (χ2n) is 6.49. The Labute approximate surface area is 168 Å². The van der Waals surface area contributed by atoms with E-state index in [2.05, 4.69) is 10.3 Å². The Morgan fingerprint density at radius 3 is 2.56 bits per heavy atom. The number of pyridine rings is 1. The first-order valence-electron chi connectivity index (χ1n) is 8.96. The van der Waals surface area contributed by atoms with E-state index < -0.39 is 0 Å². The Morgan fingerprint density at radius 2 is 1.89 bits per heavy atom. The van der Waals surface area contributed by atoms with E-state index in [4.69, 9.17) is 11.6 Å². The molecule has 1 unspecified atom stereocenters. The summed E-state index contributed by atoms with van der Waals surface area (Å²) in [6.45, 7) is 3.08. The lowest BCUT2D eigenvalue weighted by Gasteiger charge is -2.32. The summed E-state index contributed by atoms with van der Waals surface area (Å²) in [7, 11) is 0. The number of hydrogen-bond donors (Lipinski definition) is 1. The summed E-state index contributed by atoms with van der Waals surface area (Å²) in [6, 6.07) is 12.9. The van der Waals surface area contributed by atoms with Crippen molar-refractivity contribution in [2.24, 2.45) is 5.92 Å². The van der Waals surface area contributed by atoms with Crippen LogP contribution in [0.2, 0.25) is 5.02 Å². The van der Waals surface area contributed by atoms with Gasteiger partial charge in [0, 0.05) is 30.1 Å². The maximum Gasteiger partial charge on any atom is 0.235 e. The summed E-state index contributed by atoms with van der Waals surface area (Å²) in [5, 5.41) is 3.29. The van der Waals surface area contributed by atoms with Crippen molar-refractivity contribution in [3.05, 3.63) is 53.7 Å². The van der Waals surface area contributed by atoms with Gasteiger partial charge >= 0.3 is 0 Å².